The Balaban J connectivity index is 1.40. The Morgan fingerprint density at radius 1 is 0.867 bits per heavy atom. The van der Waals surface area contributed by atoms with E-state index >= 15 is 0 Å². The molecule has 3 atom stereocenters. The normalized spacial score (nSPS) is 15.2. The van der Waals surface area contributed by atoms with E-state index in [4.69, 9.17) is 9.15 Å². The molecule has 0 aliphatic heterocycles. The number of thioether (sulfide) groups is 1. The highest BCUT2D eigenvalue weighted by Gasteiger charge is 2.47. The second-order valence-electron chi connectivity index (χ2n) is 15.2. The molecule has 0 bridgehead atoms. The second kappa shape index (κ2) is 16.5. The fourth-order valence-electron chi connectivity index (χ4n) is 5.85. The Morgan fingerprint density at radius 3 is 2.16 bits per heavy atom. The topological polar surface area (TPSA) is 79.9 Å². The van der Waals surface area contributed by atoms with Gasteiger partial charge in [-0.1, -0.05) is 85.6 Å². The average molecular weight is 639 g/mol. The molecule has 0 fully saturated rings. The summed E-state index contributed by atoms with van der Waals surface area (Å²) >= 11 is 1.73. The lowest BCUT2D eigenvalue weighted by Crippen LogP contribution is -2.44. The summed E-state index contributed by atoms with van der Waals surface area (Å²) in [4.78, 5) is 14.2. The number of benzene rings is 2. The monoisotopic (exact) mass is 638 g/mol. The van der Waals surface area contributed by atoms with Gasteiger partial charge in [-0.3, -0.25) is 4.79 Å². The molecule has 0 amide bonds. The van der Waals surface area contributed by atoms with Gasteiger partial charge in [-0.05, 0) is 98.3 Å². The number of aliphatic hydroxyl groups is 2. The number of carbonyl (C=O) groups is 1. The molecule has 6 heteroatoms. The Bertz CT molecular complexity index is 1330. The molecular weight excluding hydrogens is 580 g/mol. The number of hydrogen-bond donors (Lipinski definition) is 2. The number of aryl methyl sites for hydroxylation is 1. The highest BCUT2D eigenvalue weighted by Crippen LogP contribution is 2.47. The minimum atomic E-state index is -0.833. The van der Waals surface area contributed by atoms with E-state index in [9.17, 15) is 15.0 Å². The quantitative estimate of drug-likeness (QED) is 0.0870. The van der Waals surface area contributed by atoms with Gasteiger partial charge in [-0.15, -0.1) is 11.8 Å². The zero-order chi connectivity index (χ0) is 33.3. The first-order valence-electron chi connectivity index (χ1n) is 16.9. The van der Waals surface area contributed by atoms with Crippen LogP contribution in [0.4, 0.5) is 0 Å². The summed E-state index contributed by atoms with van der Waals surface area (Å²) in [5, 5.41) is 22.1. The number of ether oxygens (including phenoxy) is 1. The number of furan rings is 1. The molecule has 2 aromatic carbocycles. The molecule has 250 valence electrons. The number of fused-ring (bicyclic) bond motifs is 1. The number of hydrogen-bond acceptors (Lipinski definition) is 6. The van der Waals surface area contributed by atoms with Crippen molar-refractivity contribution >= 4 is 28.7 Å². The van der Waals surface area contributed by atoms with Gasteiger partial charge in [0.05, 0.1) is 24.2 Å². The van der Waals surface area contributed by atoms with E-state index in [-0.39, 0.29) is 23.4 Å². The zero-order valence-corrected chi connectivity index (χ0v) is 29.9. The second-order valence-corrected chi connectivity index (χ2v) is 16.4. The lowest BCUT2D eigenvalue weighted by Gasteiger charge is -2.43. The third kappa shape index (κ3) is 11.2. The highest BCUT2D eigenvalue weighted by atomic mass is 32.2. The molecule has 1 heterocycles. The fourth-order valence-corrected chi connectivity index (χ4v) is 6.75. The van der Waals surface area contributed by atoms with Crippen molar-refractivity contribution < 1.29 is 24.2 Å². The first kappa shape index (κ1) is 37.2. The predicted octanol–water partition coefficient (Wildman–Crippen LogP) is 10.2. The molecular formula is C39H58O5S. The number of esters is 1. The van der Waals surface area contributed by atoms with Crippen LogP contribution >= 0.6 is 11.8 Å². The predicted molar refractivity (Wildman–Crippen MR) is 189 cm³/mol. The minimum absolute atomic E-state index is 0.00479. The maximum Gasteiger partial charge on any atom is 0.312 e. The fraction of sp³-hybridized carbons (Fsp3) is 0.615. The number of aliphatic hydroxyl groups excluding tert-OH is 2. The third-order valence-corrected chi connectivity index (χ3v) is 10.1. The van der Waals surface area contributed by atoms with E-state index in [1.807, 2.05) is 6.92 Å². The van der Waals surface area contributed by atoms with Crippen LogP contribution in [-0.2, 0) is 16.0 Å². The SMILES string of the molecule is CCCCCc1ccc(-c2cc3ccc(SCCCC(O)C(O)CCCOC(=O)C(C)(CC(C)(C)C)C(C)(C)C)cc3o2)cc1. The van der Waals surface area contributed by atoms with E-state index < -0.39 is 17.6 Å². The molecule has 45 heavy (non-hydrogen) atoms. The lowest BCUT2D eigenvalue weighted by atomic mass is 9.61. The van der Waals surface area contributed by atoms with Crippen LogP contribution < -0.4 is 0 Å². The van der Waals surface area contributed by atoms with Gasteiger partial charge in [-0.2, -0.15) is 0 Å². The molecule has 5 nitrogen and oxygen atoms in total. The smallest absolute Gasteiger partial charge is 0.312 e. The largest absolute Gasteiger partial charge is 0.465 e. The average Bonchev–Trinajstić information content (AvgIpc) is 3.39. The van der Waals surface area contributed by atoms with Gasteiger partial charge >= 0.3 is 5.97 Å². The van der Waals surface area contributed by atoms with Gasteiger partial charge in [-0.25, -0.2) is 0 Å². The summed E-state index contributed by atoms with van der Waals surface area (Å²) in [6.45, 7) is 17.1. The first-order chi connectivity index (χ1) is 21.1. The van der Waals surface area contributed by atoms with Crippen LogP contribution in [-0.4, -0.2) is 40.8 Å². The number of unbranched alkanes of at least 4 members (excludes halogenated alkanes) is 2. The van der Waals surface area contributed by atoms with Crippen LogP contribution in [0, 0.1) is 16.2 Å². The van der Waals surface area contributed by atoms with Crippen LogP contribution in [0.3, 0.4) is 0 Å². The molecule has 2 N–H and O–H groups in total. The Kier molecular flexibility index (Phi) is 13.6. The number of rotatable bonds is 17. The Hall–Kier alpha value is -2.28. The standard InChI is InChI=1S/C39H58O5S/c1-9-10-11-14-28-17-19-29(20-18-28)34-25-30-21-22-31(26-35(30)44-34)45-24-13-16-33(41)32(40)15-12-23-43-36(42)39(8,38(5,6)7)27-37(2,3)4/h17-22,25-26,32-33,40-41H,9-16,23-24,27H2,1-8H3. The first-order valence-corrected chi connectivity index (χ1v) is 17.9. The Labute approximate surface area is 276 Å². The molecule has 0 spiro atoms. The van der Waals surface area contributed by atoms with Crippen molar-refractivity contribution in [3.8, 4) is 11.3 Å². The van der Waals surface area contributed by atoms with Crippen molar-refractivity contribution in [2.75, 3.05) is 12.4 Å². The minimum Gasteiger partial charge on any atom is -0.465 e. The van der Waals surface area contributed by atoms with Crippen LogP contribution in [0.2, 0.25) is 0 Å². The summed E-state index contributed by atoms with van der Waals surface area (Å²) in [5.41, 5.74) is 2.49. The molecule has 1 aromatic heterocycles. The zero-order valence-electron chi connectivity index (χ0n) is 29.1. The molecule has 0 saturated heterocycles. The van der Waals surface area contributed by atoms with E-state index in [1.54, 1.807) is 11.8 Å². The molecule has 0 aliphatic carbocycles. The highest BCUT2D eigenvalue weighted by molar-refractivity contribution is 7.99. The van der Waals surface area contributed by atoms with Gasteiger partial charge in [0.2, 0.25) is 0 Å². The summed E-state index contributed by atoms with van der Waals surface area (Å²) < 4.78 is 11.9. The van der Waals surface area contributed by atoms with Crippen LogP contribution in [0.1, 0.15) is 112 Å². The van der Waals surface area contributed by atoms with E-state index in [0.29, 0.717) is 19.3 Å². The Morgan fingerprint density at radius 2 is 1.53 bits per heavy atom. The maximum absolute atomic E-state index is 13.1. The van der Waals surface area contributed by atoms with Gasteiger partial charge in [0.1, 0.15) is 11.3 Å². The molecule has 3 unspecified atom stereocenters. The van der Waals surface area contributed by atoms with Crippen molar-refractivity contribution in [1.29, 1.82) is 0 Å². The third-order valence-electron chi connectivity index (χ3n) is 9.02. The van der Waals surface area contributed by atoms with Gasteiger partial charge < -0.3 is 19.4 Å². The molecule has 0 saturated carbocycles. The summed E-state index contributed by atoms with van der Waals surface area (Å²) in [5.74, 6) is 1.53. The lowest BCUT2D eigenvalue weighted by molar-refractivity contribution is -0.165. The van der Waals surface area contributed by atoms with E-state index in [2.05, 4.69) is 97.0 Å². The van der Waals surface area contributed by atoms with Gasteiger partial charge in [0.15, 0.2) is 0 Å². The van der Waals surface area contributed by atoms with Gasteiger partial charge in [0.25, 0.3) is 0 Å². The van der Waals surface area contributed by atoms with E-state index in [0.717, 1.165) is 52.2 Å². The van der Waals surface area contributed by atoms with Crippen LogP contribution in [0.25, 0.3) is 22.3 Å². The number of carbonyl (C=O) groups excluding carboxylic acids is 1. The van der Waals surface area contributed by atoms with Gasteiger partial charge in [0, 0.05) is 15.8 Å². The molecule has 0 radical (unpaired) electrons. The molecule has 3 rings (SSSR count). The maximum atomic E-state index is 13.1. The molecule has 3 aromatic rings. The van der Waals surface area contributed by atoms with Crippen molar-refractivity contribution in [3.05, 3.63) is 54.1 Å². The van der Waals surface area contributed by atoms with Crippen LogP contribution in [0.5, 0.6) is 0 Å². The summed E-state index contributed by atoms with van der Waals surface area (Å²) in [7, 11) is 0. The molecule has 0 aliphatic rings. The van der Waals surface area contributed by atoms with Crippen molar-refractivity contribution in [1.82, 2.24) is 0 Å². The van der Waals surface area contributed by atoms with Crippen LogP contribution in [0.15, 0.2) is 57.8 Å². The summed E-state index contributed by atoms with van der Waals surface area (Å²) in [6, 6.07) is 17.1. The summed E-state index contributed by atoms with van der Waals surface area (Å²) in [6.07, 6.45) is 6.16. The van der Waals surface area contributed by atoms with E-state index in [1.165, 1.54) is 24.8 Å². The van der Waals surface area contributed by atoms with Crippen molar-refractivity contribution in [3.63, 3.8) is 0 Å². The van der Waals surface area contributed by atoms with Crippen molar-refractivity contribution in [2.45, 2.75) is 130 Å². The van der Waals surface area contributed by atoms with Crippen molar-refractivity contribution in [2.24, 2.45) is 16.2 Å².